The Morgan fingerprint density at radius 3 is 2.57 bits per heavy atom. The third-order valence-electron chi connectivity index (χ3n) is 4.67. The lowest BCUT2D eigenvalue weighted by atomic mass is 9.99. The van der Waals surface area contributed by atoms with Crippen LogP contribution in [-0.4, -0.2) is 21.9 Å². The fourth-order valence-electron chi connectivity index (χ4n) is 2.76. The molecule has 1 unspecified atom stereocenters. The van der Waals surface area contributed by atoms with E-state index in [1.807, 2.05) is 37.4 Å². The van der Waals surface area contributed by atoms with Crippen LogP contribution < -0.4 is 11.1 Å². The molecule has 0 fully saturated rings. The average molecular weight is 395 g/mol. The summed E-state index contributed by atoms with van der Waals surface area (Å²) < 4.78 is 0. The van der Waals surface area contributed by atoms with E-state index in [4.69, 9.17) is 5.73 Å². The topological polar surface area (TPSA) is 105 Å². The van der Waals surface area contributed by atoms with Crippen LogP contribution in [0.5, 0.6) is 5.75 Å². The van der Waals surface area contributed by atoms with Gasteiger partial charge in [0.1, 0.15) is 10.8 Å². The second kappa shape index (κ2) is 7.82. The van der Waals surface area contributed by atoms with E-state index >= 15 is 0 Å². The van der Waals surface area contributed by atoms with Gasteiger partial charge in [-0.25, -0.2) is 4.98 Å². The minimum Gasteiger partial charge on any atom is -0.507 e. The lowest BCUT2D eigenvalue weighted by Crippen LogP contribution is -2.43. The number of hydrogen-bond acceptors (Lipinski definition) is 5. The van der Waals surface area contributed by atoms with E-state index in [1.54, 1.807) is 18.2 Å². The van der Waals surface area contributed by atoms with Crippen molar-refractivity contribution in [2.45, 2.75) is 25.8 Å². The molecule has 3 aromatic rings. The van der Waals surface area contributed by atoms with Crippen LogP contribution in [0.25, 0.3) is 11.3 Å². The first-order chi connectivity index (χ1) is 13.3. The Labute approximate surface area is 167 Å². The molecule has 0 saturated carbocycles. The first-order valence-corrected chi connectivity index (χ1v) is 9.69. The van der Waals surface area contributed by atoms with Crippen molar-refractivity contribution in [2.75, 3.05) is 0 Å². The zero-order valence-corrected chi connectivity index (χ0v) is 16.4. The van der Waals surface area contributed by atoms with Crippen LogP contribution in [0.15, 0.2) is 53.9 Å². The molecule has 1 aromatic heterocycles. The molecule has 0 aliphatic heterocycles. The van der Waals surface area contributed by atoms with E-state index in [0.717, 1.165) is 5.01 Å². The number of amides is 2. The molecular formula is C21H21N3O3S. The summed E-state index contributed by atoms with van der Waals surface area (Å²) in [7, 11) is 0. The van der Waals surface area contributed by atoms with Crippen molar-refractivity contribution >= 4 is 23.2 Å². The molecule has 0 radical (unpaired) electrons. The van der Waals surface area contributed by atoms with E-state index in [0.29, 0.717) is 23.2 Å². The van der Waals surface area contributed by atoms with Gasteiger partial charge >= 0.3 is 0 Å². The summed E-state index contributed by atoms with van der Waals surface area (Å²) in [5, 5.41) is 15.4. The summed E-state index contributed by atoms with van der Waals surface area (Å²) >= 11 is 1.43. The second-order valence-corrected chi connectivity index (χ2v) is 7.50. The average Bonchev–Trinajstić information content (AvgIpc) is 3.19. The van der Waals surface area contributed by atoms with Gasteiger partial charge in [-0.2, -0.15) is 0 Å². The van der Waals surface area contributed by atoms with E-state index in [9.17, 15) is 14.7 Å². The predicted octanol–water partition coefficient (Wildman–Crippen LogP) is 3.67. The van der Waals surface area contributed by atoms with Crippen LogP contribution in [0.3, 0.4) is 0 Å². The number of primary amides is 1. The monoisotopic (exact) mass is 395 g/mol. The van der Waals surface area contributed by atoms with Crippen LogP contribution >= 0.6 is 11.3 Å². The zero-order chi connectivity index (χ0) is 20.3. The molecule has 144 valence electrons. The number of carbonyl (C=O) groups excluding carboxylic acids is 2. The number of aromatic hydroxyl groups is 1. The van der Waals surface area contributed by atoms with E-state index in [-0.39, 0.29) is 17.2 Å². The highest BCUT2D eigenvalue weighted by molar-refractivity contribution is 7.10. The van der Waals surface area contributed by atoms with Crippen molar-refractivity contribution < 1.29 is 14.7 Å². The molecule has 28 heavy (non-hydrogen) atoms. The maximum absolute atomic E-state index is 12.6. The van der Waals surface area contributed by atoms with Crippen molar-refractivity contribution in [3.63, 3.8) is 0 Å². The molecule has 2 amide bonds. The van der Waals surface area contributed by atoms with Crippen molar-refractivity contribution in [3.05, 3.63) is 70.0 Å². The van der Waals surface area contributed by atoms with Gasteiger partial charge in [0, 0.05) is 16.5 Å². The van der Waals surface area contributed by atoms with Gasteiger partial charge in [-0.05, 0) is 43.7 Å². The third-order valence-corrected chi connectivity index (χ3v) is 5.77. The maximum atomic E-state index is 12.6. The number of carbonyl (C=O) groups is 2. The Balaban J connectivity index is 1.89. The van der Waals surface area contributed by atoms with Crippen LogP contribution in [0, 0.1) is 0 Å². The van der Waals surface area contributed by atoms with Crippen molar-refractivity contribution in [1.29, 1.82) is 0 Å². The Kier molecular flexibility index (Phi) is 5.46. The highest BCUT2D eigenvalue weighted by Crippen LogP contribution is 2.33. The van der Waals surface area contributed by atoms with E-state index in [2.05, 4.69) is 10.3 Å². The summed E-state index contributed by atoms with van der Waals surface area (Å²) in [4.78, 5) is 28.8. The molecule has 2 aromatic carbocycles. The quantitative estimate of drug-likeness (QED) is 0.592. The molecule has 4 N–H and O–H groups in total. The first-order valence-electron chi connectivity index (χ1n) is 8.81. The summed E-state index contributed by atoms with van der Waals surface area (Å²) in [5.41, 5.74) is 6.61. The largest absolute Gasteiger partial charge is 0.507 e. The minimum absolute atomic E-state index is 0.0442. The molecule has 7 heteroatoms. The van der Waals surface area contributed by atoms with Gasteiger partial charge in [0.25, 0.3) is 11.8 Å². The maximum Gasteiger partial charge on any atom is 0.252 e. The van der Waals surface area contributed by atoms with Crippen LogP contribution in [0.1, 0.15) is 46.0 Å². The zero-order valence-electron chi connectivity index (χ0n) is 15.6. The normalized spacial score (nSPS) is 12.9. The second-order valence-electron chi connectivity index (χ2n) is 6.64. The fourth-order valence-corrected chi connectivity index (χ4v) is 3.78. The Bertz CT molecular complexity index is 1020. The Hall–Kier alpha value is -3.19. The van der Waals surface area contributed by atoms with Crippen molar-refractivity contribution in [3.8, 4) is 17.0 Å². The lowest BCUT2D eigenvalue weighted by molar-refractivity contribution is 0.0901. The molecule has 0 saturated heterocycles. The number of nitrogens with two attached hydrogens (primary N) is 1. The molecule has 0 bridgehead atoms. The third kappa shape index (κ3) is 3.89. The van der Waals surface area contributed by atoms with Gasteiger partial charge in [0.15, 0.2) is 0 Å². The smallest absolute Gasteiger partial charge is 0.252 e. The molecule has 0 aliphatic rings. The fraction of sp³-hybridized carbons (Fsp3) is 0.190. The summed E-state index contributed by atoms with van der Waals surface area (Å²) in [5.74, 6) is -1.04. The van der Waals surface area contributed by atoms with Gasteiger partial charge in [0.05, 0.1) is 16.8 Å². The summed E-state index contributed by atoms with van der Waals surface area (Å²) in [6.07, 6.45) is 0.653. The number of benzene rings is 2. The molecule has 3 rings (SSSR count). The predicted molar refractivity (Wildman–Crippen MR) is 109 cm³/mol. The van der Waals surface area contributed by atoms with E-state index < -0.39 is 11.4 Å². The number of nitrogens with one attached hydrogen (secondary N) is 1. The Morgan fingerprint density at radius 1 is 1.21 bits per heavy atom. The highest BCUT2D eigenvalue weighted by Gasteiger charge is 2.30. The van der Waals surface area contributed by atoms with Crippen LogP contribution in [0.2, 0.25) is 0 Å². The van der Waals surface area contributed by atoms with Crippen molar-refractivity contribution in [1.82, 2.24) is 10.3 Å². The first kappa shape index (κ1) is 19.6. The van der Waals surface area contributed by atoms with Crippen molar-refractivity contribution in [2.24, 2.45) is 5.73 Å². The lowest BCUT2D eigenvalue weighted by Gasteiger charge is -2.27. The molecule has 6 nitrogen and oxygen atoms in total. The number of thiazole rings is 1. The minimum atomic E-state index is -0.705. The van der Waals surface area contributed by atoms with E-state index in [1.165, 1.54) is 23.5 Å². The van der Waals surface area contributed by atoms with Crippen LogP contribution in [0.4, 0.5) is 0 Å². The molecule has 1 heterocycles. The van der Waals surface area contributed by atoms with Gasteiger partial charge in [0.2, 0.25) is 0 Å². The number of aromatic nitrogens is 1. The van der Waals surface area contributed by atoms with Crippen LogP contribution in [-0.2, 0) is 5.54 Å². The van der Waals surface area contributed by atoms with Gasteiger partial charge in [-0.15, -0.1) is 11.3 Å². The number of phenols is 1. The number of rotatable bonds is 6. The van der Waals surface area contributed by atoms with Gasteiger partial charge < -0.3 is 16.2 Å². The molecule has 0 spiro atoms. The van der Waals surface area contributed by atoms with Gasteiger partial charge in [-0.3, -0.25) is 9.59 Å². The van der Waals surface area contributed by atoms with Gasteiger partial charge in [-0.1, -0.05) is 25.1 Å². The number of nitrogens with zero attached hydrogens (tertiary/aromatic N) is 1. The summed E-state index contributed by atoms with van der Waals surface area (Å²) in [6, 6.07) is 13.6. The summed E-state index contributed by atoms with van der Waals surface area (Å²) in [6.45, 7) is 3.92. The molecule has 0 aliphatic carbocycles. The SMILES string of the molecule is CCC(C)(NC(=O)c1ccccc1)c1nc(-c2ccc(O)c(C(N)=O)c2)cs1. The molecular weight excluding hydrogens is 374 g/mol. The highest BCUT2D eigenvalue weighted by atomic mass is 32.1. The number of hydrogen-bond donors (Lipinski definition) is 3. The molecule has 1 atom stereocenters. The Morgan fingerprint density at radius 2 is 1.93 bits per heavy atom. The standard InChI is InChI=1S/C21H21N3O3S/c1-3-21(2,24-19(27)13-7-5-4-6-8-13)20-23-16(12-28-20)14-9-10-17(25)15(11-14)18(22)26/h4-12,25H,3H2,1-2H3,(H2,22,26)(H,24,27).